The van der Waals surface area contributed by atoms with Gasteiger partial charge in [0, 0.05) is 11.5 Å². The van der Waals surface area contributed by atoms with Crippen LogP contribution in [0.1, 0.15) is 15.7 Å². The number of carboxylic acids is 1. The van der Waals surface area contributed by atoms with Gasteiger partial charge in [-0.2, -0.15) is 5.10 Å². The normalized spacial score (nSPS) is 14.0. The average molecular weight is 546 g/mol. The molecule has 1 fully saturated rings. The molecule has 1 aliphatic heterocycles. The van der Waals surface area contributed by atoms with Crippen molar-refractivity contribution >= 4 is 69.1 Å². The molecule has 0 saturated carbocycles. The van der Waals surface area contributed by atoms with Crippen LogP contribution in [0.15, 0.2) is 46.0 Å². The number of rotatable bonds is 9. The Hall–Kier alpha value is -1.88. The van der Waals surface area contributed by atoms with Crippen molar-refractivity contribution in [2.24, 2.45) is 5.10 Å². The molecule has 7 nitrogen and oxygen atoms in total. The molecule has 1 amide bonds. The number of thioether (sulfide) groups is 2. The Balaban J connectivity index is 1.47. The van der Waals surface area contributed by atoms with Crippen LogP contribution in [-0.4, -0.2) is 47.9 Å². The fourth-order valence-electron chi connectivity index (χ4n) is 2.56. The Morgan fingerprint density at radius 2 is 1.90 bits per heavy atom. The first-order valence-electron chi connectivity index (χ1n) is 9.04. The van der Waals surface area contributed by atoms with E-state index in [2.05, 4.69) is 26.5 Å². The second-order valence-electron chi connectivity index (χ2n) is 6.22. The van der Waals surface area contributed by atoms with Gasteiger partial charge < -0.3 is 14.6 Å². The fourth-order valence-corrected chi connectivity index (χ4v) is 6.41. The zero-order valence-corrected chi connectivity index (χ0v) is 20.0. The number of hydrazone groups is 1. The summed E-state index contributed by atoms with van der Waals surface area (Å²) >= 11 is 13.2. The molecule has 0 aliphatic carbocycles. The molecular weight excluding hydrogens is 528 g/mol. The predicted molar refractivity (Wildman–Crippen MR) is 128 cm³/mol. The maximum absolute atomic E-state index is 12.0. The van der Waals surface area contributed by atoms with E-state index in [9.17, 15) is 9.59 Å². The summed E-state index contributed by atoms with van der Waals surface area (Å²) in [4.78, 5) is 22.6. The molecule has 31 heavy (non-hydrogen) atoms. The number of carboxylic acid groups (broad SMARTS) is 1. The number of halogens is 2. The van der Waals surface area contributed by atoms with Crippen molar-refractivity contribution in [3.05, 3.63) is 57.0 Å². The minimum absolute atomic E-state index is 0.171. The lowest BCUT2D eigenvalue weighted by molar-refractivity contribution is -0.139. The van der Waals surface area contributed by atoms with Crippen molar-refractivity contribution in [3.8, 4) is 11.5 Å². The molecular formula is C20H18BrClN2O5S2. The molecule has 0 aromatic heterocycles. The van der Waals surface area contributed by atoms with Crippen molar-refractivity contribution in [1.29, 1.82) is 0 Å². The van der Waals surface area contributed by atoms with Crippen molar-refractivity contribution in [2.45, 2.75) is 4.58 Å². The van der Waals surface area contributed by atoms with E-state index in [1.807, 2.05) is 47.8 Å². The SMILES string of the molecule is O=C(O)COc1c(Cl)cc(/C=N\NC(=O)COc2ccc(C3SCCS3)cc2)cc1Br. The third-order valence-corrected chi connectivity index (χ3v) is 7.88. The number of carbonyl (C=O) groups excluding carboxylic acids is 1. The highest BCUT2D eigenvalue weighted by atomic mass is 79.9. The Morgan fingerprint density at radius 1 is 1.19 bits per heavy atom. The summed E-state index contributed by atoms with van der Waals surface area (Å²) in [6, 6.07) is 10.9. The molecule has 0 radical (unpaired) electrons. The highest BCUT2D eigenvalue weighted by Gasteiger charge is 2.18. The van der Waals surface area contributed by atoms with Gasteiger partial charge in [-0.25, -0.2) is 10.2 Å². The lowest BCUT2D eigenvalue weighted by Gasteiger charge is -2.10. The van der Waals surface area contributed by atoms with E-state index < -0.39 is 18.5 Å². The lowest BCUT2D eigenvalue weighted by Crippen LogP contribution is -2.24. The van der Waals surface area contributed by atoms with E-state index >= 15 is 0 Å². The molecule has 1 aliphatic rings. The first-order chi connectivity index (χ1) is 14.9. The standard InChI is InChI=1S/C20H18BrClN2O5S2/c21-15-7-12(8-16(22)19(15)29-11-18(26)27)9-23-24-17(25)10-28-14-3-1-13(2-4-14)20-30-5-6-31-20/h1-4,7-9,20H,5-6,10-11H2,(H,24,25)(H,26,27)/b23-9-. The van der Waals surface area contributed by atoms with Crippen molar-refractivity contribution in [2.75, 3.05) is 24.7 Å². The molecule has 0 atom stereocenters. The molecule has 2 N–H and O–H groups in total. The average Bonchev–Trinajstić information content (AvgIpc) is 3.27. The Labute approximate surface area is 201 Å². The maximum atomic E-state index is 12.0. The molecule has 0 unspecified atom stereocenters. The molecule has 164 valence electrons. The van der Waals surface area contributed by atoms with Gasteiger partial charge in [-0.05, 0) is 51.3 Å². The number of hydrogen-bond donors (Lipinski definition) is 2. The van der Waals surface area contributed by atoms with Crippen molar-refractivity contribution < 1.29 is 24.2 Å². The number of amides is 1. The molecule has 2 aromatic carbocycles. The molecule has 1 saturated heterocycles. The maximum Gasteiger partial charge on any atom is 0.341 e. The molecule has 0 bridgehead atoms. The largest absolute Gasteiger partial charge is 0.484 e. The van der Waals surface area contributed by atoms with E-state index in [-0.39, 0.29) is 17.4 Å². The van der Waals surface area contributed by atoms with Gasteiger partial charge in [-0.15, -0.1) is 23.5 Å². The summed E-state index contributed by atoms with van der Waals surface area (Å²) in [5.74, 6) is 1.65. The lowest BCUT2D eigenvalue weighted by atomic mass is 10.2. The van der Waals surface area contributed by atoms with Crippen LogP contribution in [0.3, 0.4) is 0 Å². The van der Waals surface area contributed by atoms with Gasteiger partial charge in [0.25, 0.3) is 5.91 Å². The number of carbonyl (C=O) groups is 2. The second kappa shape index (κ2) is 11.7. The summed E-state index contributed by atoms with van der Waals surface area (Å²) in [5.41, 5.74) is 4.21. The van der Waals surface area contributed by atoms with Crippen molar-refractivity contribution in [1.82, 2.24) is 5.43 Å². The van der Waals surface area contributed by atoms with Gasteiger partial charge in [0.2, 0.25) is 0 Å². The van der Waals surface area contributed by atoms with E-state index in [4.69, 9.17) is 26.2 Å². The third kappa shape index (κ3) is 7.34. The van der Waals surface area contributed by atoms with Gasteiger partial charge in [0.1, 0.15) is 5.75 Å². The van der Waals surface area contributed by atoms with Crippen LogP contribution in [0.25, 0.3) is 0 Å². The number of nitrogens with zero attached hydrogens (tertiary/aromatic N) is 1. The van der Waals surface area contributed by atoms with Crippen LogP contribution in [0.5, 0.6) is 11.5 Å². The topological polar surface area (TPSA) is 97.2 Å². The van der Waals surface area contributed by atoms with E-state index in [0.29, 0.717) is 20.4 Å². The highest BCUT2D eigenvalue weighted by Crippen LogP contribution is 2.45. The number of nitrogens with one attached hydrogen (secondary N) is 1. The Morgan fingerprint density at radius 3 is 2.55 bits per heavy atom. The minimum Gasteiger partial charge on any atom is -0.484 e. The Bertz CT molecular complexity index is 946. The number of hydrogen-bond acceptors (Lipinski definition) is 7. The summed E-state index contributed by atoms with van der Waals surface area (Å²) in [6.45, 7) is -0.681. The number of benzene rings is 2. The van der Waals surface area contributed by atoms with Crippen LogP contribution < -0.4 is 14.9 Å². The van der Waals surface area contributed by atoms with E-state index in [1.165, 1.54) is 29.4 Å². The van der Waals surface area contributed by atoms with E-state index in [0.717, 1.165) is 0 Å². The number of aliphatic carboxylic acids is 1. The van der Waals surface area contributed by atoms with Crippen LogP contribution in [0.4, 0.5) is 0 Å². The second-order valence-corrected chi connectivity index (χ2v) is 10.2. The summed E-state index contributed by atoms with van der Waals surface area (Å²) in [5, 5.41) is 12.8. The first kappa shape index (κ1) is 23.8. The highest BCUT2D eigenvalue weighted by molar-refractivity contribution is 9.10. The van der Waals surface area contributed by atoms with Gasteiger partial charge in [-0.3, -0.25) is 4.79 Å². The smallest absolute Gasteiger partial charge is 0.341 e. The van der Waals surface area contributed by atoms with Crippen LogP contribution in [0.2, 0.25) is 5.02 Å². The van der Waals surface area contributed by atoms with Crippen molar-refractivity contribution in [3.63, 3.8) is 0 Å². The van der Waals surface area contributed by atoms with E-state index in [1.54, 1.807) is 6.07 Å². The molecule has 0 spiro atoms. The molecule has 1 heterocycles. The monoisotopic (exact) mass is 544 g/mol. The quantitative estimate of drug-likeness (QED) is 0.352. The van der Waals surface area contributed by atoms with Crippen LogP contribution in [-0.2, 0) is 9.59 Å². The predicted octanol–water partition coefficient (Wildman–Crippen LogP) is 4.57. The zero-order chi connectivity index (χ0) is 22.2. The van der Waals surface area contributed by atoms with Crippen LogP contribution in [0, 0.1) is 0 Å². The third-order valence-electron chi connectivity index (χ3n) is 3.91. The van der Waals surface area contributed by atoms with Crippen LogP contribution >= 0.6 is 51.1 Å². The Kier molecular flexibility index (Phi) is 8.94. The minimum atomic E-state index is -1.11. The molecule has 2 aromatic rings. The van der Waals surface area contributed by atoms with Gasteiger partial charge in [0.15, 0.2) is 19.0 Å². The summed E-state index contributed by atoms with van der Waals surface area (Å²) in [7, 11) is 0. The first-order valence-corrected chi connectivity index (χ1v) is 12.3. The summed E-state index contributed by atoms with van der Waals surface area (Å²) < 4.78 is 11.6. The van der Waals surface area contributed by atoms with Gasteiger partial charge in [0.05, 0.1) is 20.3 Å². The number of ether oxygens (including phenoxy) is 2. The van der Waals surface area contributed by atoms with Gasteiger partial charge in [-0.1, -0.05) is 23.7 Å². The zero-order valence-electron chi connectivity index (χ0n) is 16.0. The molecule has 3 rings (SSSR count). The fraction of sp³-hybridized carbons (Fsp3) is 0.250. The van der Waals surface area contributed by atoms with Gasteiger partial charge >= 0.3 is 5.97 Å². The molecule has 11 heteroatoms. The summed E-state index contributed by atoms with van der Waals surface area (Å²) in [6.07, 6.45) is 1.40.